The maximum atomic E-state index is 5.51. The summed E-state index contributed by atoms with van der Waals surface area (Å²) in [5.74, 6) is 1.48. The molecule has 2 heterocycles. The van der Waals surface area contributed by atoms with E-state index in [1.54, 1.807) is 30.4 Å². The van der Waals surface area contributed by atoms with Crippen LogP contribution in [-0.4, -0.2) is 9.97 Å². The first-order chi connectivity index (χ1) is 7.34. The van der Waals surface area contributed by atoms with E-state index in [1.807, 2.05) is 24.3 Å². The van der Waals surface area contributed by atoms with E-state index >= 15 is 0 Å². The standard InChI is InChI=1S/C11H11N3S/c12-11-2-1-10(7-14-11)15-8-9-3-5-13-6-4-9/h1-7H,8H2,(H2,12,14). The van der Waals surface area contributed by atoms with E-state index in [9.17, 15) is 0 Å². The first-order valence-corrected chi connectivity index (χ1v) is 5.56. The van der Waals surface area contributed by atoms with Crippen LogP contribution in [0.2, 0.25) is 0 Å². The average Bonchev–Trinajstić information content (AvgIpc) is 2.30. The normalized spacial score (nSPS) is 10.1. The molecule has 0 atom stereocenters. The van der Waals surface area contributed by atoms with E-state index in [0.717, 1.165) is 10.6 Å². The molecule has 0 unspecified atom stereocenters. The summed E-state index contributed by atoms with van der Waals surface area (Å²) in [6, 6.07) is 7.82. The minimum atomic E-state index is 0.559. The van der Waals surface area contributed by atoms with Crippen LogP contribution in [0.15, 0.2) is 47.8 Å². The second kappa shape index (κ2) is 4.79. The Balaban J connectivity index is 1.96. The molecule has 0 saturated heterocycles. The highest BCUT2D eigenvalue weighted by Gasteiger charge is 1.96. The van der Waals surface area contributed by atoms with Crippen molar-refractivity contribution >= 4 is 17.6 Å². The lowest BCUT2D eigenvalue weighted by molar-refractivity contribution is 1.23. The van der Waals surface area contributed by atoms with Gasteiger partial charge in [0.25, 0.3) is 0 Å². The SMILES string of the molecule is Nc1ccc(SCc2ccncc2)cn1. The number of nitrogens with two attached hydrogens (primary N) is 1. The molecule has 0 spiro atoms. The second-order valence-electron chi connectivity index (χ2n) is 3.06. The minimum absolute atomic E-state index is 0.559. The molecule has 3 nitrogen and oxygen atoms in total. The second-order valence-corrected chi connectivity index (χ2v) is 4.11. The Morgan fingerprint density at radius 1 is 1.13 bits per heavy atom. The fraction of sp³-hybridized carbons (Fsp3) is 0.0909. The molecule has 4 heteroatoms. The minimum Gasteiger partial charge on any atom is -0.384 e. The maximum Gasteiger partial charge on any atom is 0.123 e. The van der Waals surface area contributed by atoms with Crippen molar-refractivity contribution in [2.24, 2.45) is 0 Å². The molecule has 0 radical (unpaired) electrons. The maximum absolute atomic E-state index is 5.51. The molecule has 0 bridgehead atoms. The third-order valence-corrected chi connectivity index (χ3v) is 2.97. The quantitative estimate of drug-likeness (QED) is 0.802. The third kappa shape index (κ3) is 2.95. The molecule has 0 aliphatic carbocycles. The number of nitrogen functional groups attached to an aromatic ring is 1. The van der Waals surface area contributed by atoms with Gasteiger partial charge in [-0.3, -0.25) is 4.98 Å². The molecule has 0 amide bonds. The molecule has 15 heavy (non-hydrogen) atoms. The lowest BCUT2D eigenvalue weighted by Crippen LogP contribution is -1.88. The summed E-state index contributed by atoms with van der Waals surface area (Å²) in [6.45, 7) is 0. The number of rotatable bonds is 3. The van der Waals surface area contributed by atoms with Gasteiger partial charge in [-0.05, 0) is 29.8 Å². The van der Waals surface area contributed by atoms with Crippen molar-refractivity contribution in [3.05, 3.63) is 48.4 Å². The predicted octanol–water partition coefficient (Wildman–Crippen LogP) is 2.35. The van der Waals surface area contributed by atoms with Gasteiger partial charge in [-0.25, -0.2) is 4.98 Å². The number of nitrogens with zero attached hydrogens (tertiary/aromatic N) is 2. The van der Waals surface area contributed by atoms with Gasteiger partial charge in [0.2, 0.25) is 0 Å². The van der Waals surface area contributed by atoms with Crippen LogP contribution in [0.5, 0.6) is 0 Å². The number of thioether (sulfide) groups is 1. The Kier molecular flexibility index (Phi) is 3.19. The van der Waals surface area contributed by atoms with Gasteiger partial charge >= 0.3 is 0 Å². The first-order valence-electron chi connectivity index (χ1n) is 4.58. The predicted molar refractivity (Wildman–Crippen MR) is 62.4 cm³/mol. The molecule has 0 aliphatic heterocycles. The molecule has 0 aromatic carbocycles. The van der Waals surface area contributed by atoms with Gasteiger partial charge in [0.15, 0.2) is 0 Å². The zero-order valence-electron chi connectivity index (χ0n) is 8.13. The molecule has 76 valence electrons. The third-order valence-electron chi connectivity index (χ3n) is 1.91. The lowest BCUT2D eigenvalue weighted by Gasteiger charge is -2.01. The van der Waals surface area contributed by atoms with Crippen LogP contribution in [0.4, 0.5) is 5.82 Å². The molecule has 0 aliphatic rings. The summed E-state index contributed by atoms with van der Waals surface area (Å²) >= 11 is 1.74. The van der Waals surface area contributed by atoms with Crippen molar-refractivity contribution in [2.75, 3.05) is 5.73 Å². The van der Waals surface area contributed by atoms with Crippen molar-refractivity contribution in [1.82, 2.24) is 9.97 Å². The molecule has 2 aromatic rings. The van der Waals surface area contributed by atoms with Crippen molar-refractivity contribution in [3.8, 4) is 0 Å². The molecule has 0 saturated carbocycles. The number of aromatic nitrogens is 2. The Hall–Kier alpha value is -1.55. The Morgan fingerprint density at radius 2 is 1.93 bits per heavy atom. The Bertz CT molecular complexity index is 414. The Morgan fingerprint density at radius 3 is 2.60 bits per heavy atom. The highest BCUT2D eigenvalue weighted by molar-refractivity contribution is 7.98. The van der Waals surface area contributed by atoms with Crippen LogP contribution in [-0.2, 0) is 5.75 Å². The van der Waals surface area contributed by atoms with E-state index in [0.29, 0.717) is 5.82 Å². The highest BCUT2D eigenvalue weighted by Crippen LogP contribution is 2.21. The van der Waals surface area contributed by atoms with Crippen LogP contribution in [0.25, 0.3) is 0 Å². The zero-order chi connectivity index (χ0) is 10.5. The molecular formula is C11H11N3S. The van der Waals surface area contributed by atoms with Crippen LogP contribution < -0.4 is 5.73 Å². The topological polar surface area (TPSA) is 51.8 Å². The van der Waals surface area contributed by atoms with Crippen LogP contribution in [0.1, 0.15) is 5.56 Å². The smallest absolute Gasteiger partial charge is 0.123 e. The molecule has 0 fully saturated rings. The molecular weight excluding hydrogens is 206 g/mol. The largest absolute Gasteiger partial charge is 0.384 e. The molecule has 2 aromatic heterocycles. The summed E-state index contributed by atoms with van der Waals surface area (Å²) in [4.78, 5) is 9.14. The lowest BCUT2D eigenvalue weighted by atomic mass is 10.3. The van der Waals surface area contributed by atoms with E-state index in [4.69, 9.17) is 5.73 Å². The van der Waals surface area contributed by atoms with E-state index < -0.39 is 0 Å². The zero-order valence-corrected chi connectivity index (χ0v) is 8.95. The van der Waals surface area contributed by atoms with Crippen molar-refractivity contribution in [2.45, 2.75) is 10.6 Å². The molecule has 2 rings (SSSR count). The van der Waals surface area contributed by atoms with E-state index in [-0.39, 0.29) is 0 Å². The number of pyridine rings is 2. The first kappa shape index (κ1) is 9.98. The van der Waals surface area contributed by atoms with Gasteiger partial charge in [0.1, 0.15) is 5.82 Å². The van der Waals surface area contributed by atoms with Gasteiger partial charge in [-0.2, -0.15) is 0 Å². The fourth-order valence-electron chi connectivity index (χ4n) is 1.12. The average molecular weight is 217 g/mol. The summed E-state index contributed by atoms with van der Waals surface area (Å²) in [7, 11) is 0. The summed E-state index contributed by atoms with van der Waals surface area (Å²) in [5, 5.41) is 0. The van der Waals surface area contributed by atoms with Crippen molar-refractivity contribution < 1.29 is 0 Å². The summed E-state index contributed by atoms with van der Waals surface area (Å²) in [5.41, 5.74) is 6.76. The van der Waals surface area contributed by atoms with Crippen LogP contribution in [0.3, 0.4) is 0 Å². The summed E-state index contributed by atoms with van der Waals surface area (Å²) < 4.78 is 0. The number of anilines is 1. The van der Waals surface area contributed by atoms with Crippen LogP contribution >= 0.6 is 11.8 Å². The van der Waals surface area contributed by atoms with Gasteiger partial charge in [0, 0.05) is 29.2 Å². The van der Waals surface area contributed by atoms with Gasteiger partial charge < -0.3 is 5.73 Å². The highest BCUT2D eigenvalue weighted by atomic mass is 32.2. The monoisotopic (exact) mass is 217 g/mol. The summed E-state index contributed by atoms with van der Waals surface area (Å²) in [6.07, 6.45) is 5.40. The van der Waals surface area contributed by atoms with E-state index in [1.165, 1.54) is 5.56 Å². The number of hydrogen-bond donors (Lipinski definition) is 1. The number of hydrogen-bond acceptors (Lipinski definition) is 4. The van der Waals surface area contributed by atoms with Crippen molar-refractivity contribution in [1.29, 1.82) is 0 Å². The van der Waals surface area contributed by atoms with Gasteiger partial charge in [0.05, 0.1) is 0 Å². The fourth-order valence-corrected chi connectivity index (χ4v) is 1.94. The molecule has 2 N–H and O–H groups in total. The van der Waals surface area contributed by atoms with Crippen molar-refractivity contribution in [3.63, 3.8) is 0 Å². The Labute approximate surface area is 92.8 Å². The van der Waals surface area contributed by atoms with Gasteiger partial charge in [-0.1, -0.05) is 0 Å². The van der Waals surface area contributed by atoms with E-state index in [2.05, 4.69) is 9.97 Å². The van der Waals surface area contributed by atoms with Crippen LogP contribution in [0, 0.1) is 0 Å². The van der Waals surface area contributed by atoms with Gasteiger partial charge in [-0.15, -0.1) is 11.8 Å².